The molecule has 0 unspecified atom stereocenters. The number of fused-ring (bicyclic) bond motifs is 2. The number of nitrogens with one attached hydrogen (secondary N) is 1. The van der Waals surface area contributed by atoms with Crippen molar-refractivity contribution in [2.45, 2.75) is 25.8 Å². The third kappa shape index (κ3) is 3.03. The van der Waals surface area contributed by atoms with E-state index < -0.39 is 18.4 Å². The molecule has 2 atom stereocenters. The minimum Gasteiger partial charge on any atom is -0.466 e. The summed E-state index contributed by atoms with van der Waals surface area (Å²) in [5.74, 6) is -0.202. The second-order valence-electron chi connectivity index (χ2n) is 6.51. The van der Waals surface area contributed by atoms with Gasteiger partial charge in [0.25, 0.3) is 0 Å². The Balaban J connectivity index is 1.57. The normalized spacial score (nSPS) is 24.5. The SMILES string of the molecule is CC(=O)NC[C@@H]1OC(=O)N2Cc3cc(N4CCOCC4)c(F)cc3O[C@@H]12. The predicted molar refractivity (Wildman–Crippen MR) is 88.3 cm³/mol. The molecule has 2 saturated heterocycles. The fourth-order valence-electron chi connectivity index (χ4n) is 3.42. The molecule has 4 rings (SSSR count). The van der Waals surface area contributed by atoms with E-state index >= 15 is 0 Å². The molecule has 3 heterocycles. The van der Waals surface area contributed by atoms with Crippen molar-refractivity contribution in [3.05, 3.63) is 23.5 Å². The Morgan fingerprint density at radius 1 is 1.31 bits per heavy atom. The van der Waals surface area contributed by atoms with Crippen molar-refractivity contribution in [3.63, 3.8) is 0 Å². The summed E-state index contributed by atoms with van der Waals surface area (Å²) in [6.07, 6.45) is -1.83. The monoisotopic (exact) mass is 365 g/mol. The van der Waals surface area contributed by atoms with Crippen molar-refractivity contribution in [1.29, 1.82) is 0 Å². The van der Waals surface area contributed by atoms with Gasteiger partial charge in [-0.2, -0.15) is 0 Å². The number of carbonyl (C=O) groups is 2. The minimum absolute atomic E-state index is 0.145. The summed E-state index contributed by atoms with van der Waals surface area (Å²) < 4.78 is 31.0. The summed E-state index contributed by atoms with van der Waals surface area (Å²) in [6, 6.07) is 3.08. The molecule has 1 aromatic carbocycles. The zero-order valence-corrected chi connectivity index (χ0v) is 14.4. The maximum Gasteiger partial charge on any atom is 0.413 e. The highest BCUT2D eigenvalue weighted by Gasteiger charge is 2.46. The molecule has 9 heteroatoms. The average molecular weight is 365 g/mol. The molecule has 26 heavy (non-hydrogen) atoms. The van der Waals surface area contributed by atoms with Crippen LogP contribution in [0.1, 0.15) is 12.5 Å². The molecule has 0 bridgehead atoms. The first kappa shape index (κ1) is 16.9. The fourth-order valence-corrected chi connectivity index (χ4v) is 3.42. The molecule has 1 aromatic rings. The lowest BCUT2D eigenvalue weighted by atomic mass is 10.1. The standard InChI is InChI=1S/C17H20FN3O5/c1-10(22)19-8-15-16-21(17(23)26-15)9-11-6-13(12(18)7-14(11)25-16)20-2-4-24-5-3-20/h6-7,15-16H,2-5,8-9H2,1H3,(H,19,22)/t15-,16-/m0/s1. The summed E-state index contributed by atoms with van der Waals surface area (Å²) >= 11 is 0. The van der Waals surface area contributed by atoms with Gasteiger partial charge >= 0.3 is 6.09 Å². The van der Waals surface area contributed by atoms with Crippen LogP contribution in [0.15, 0.2) is 12.1 Å². The first-order valence-corrected chi connectivity index (χ1v) is 8.56. The number of rotatable bonds is 3. The van der Waals surface area contributed by atoms with Gasteiger partial charge in [0.05, 0.1) is 32.0 Å². The molecule has 1 N–H and O–H groups in total. The summed E-state index contributed by atoms with van der Waals surface area (Å²) in [5.41, 5.74) is 1.21. The summed E-state index contributed by atoms with van der Waals surface area (Å²) in [6.45, 7) is 4.14. The Morgan fingerprint density at radius 3 is 2.81 bits per heavy atom. The van der Waals surface area contributed by atoms with E-state index in [1.165, 1.54) is 17.9 Å². The molecule has 3 aliphatic rings. The Hall–Kier alpha value is -2.55. The van der Waals surface area contributed by atoms with E-state index in [1.807, 2.05) is 4.90 Å². The van der Waals surface area contributed by atoms with Crippen LogP contribution in [0.3, 0.4) is 0 Å². The van der Waals surface area contributed by atoms with E-state index in [-0.39, 0.29) is 24.8 Å². The van der Waals surface area contributed by atoms with E-state index in [9.17, 15) is 14.0 Å². The molecule has 2 amide bonds. The van der Waals surface area contributed by atoms with Gasteiger partial charge in [-0.25, -0.2) is 9.18 Å². The number of ether oxygens (including phenoxy) is 3. The topological polar surface area (TPSA) is 80.3 Å². The number of hydrogen-bond donors (Lipinski definition) is 1. The van der Waals surface area contributed by atoms with Crippen LogP contribution in [0, 0.1) is 5.82 Å². The third-order valence-electron chi connectivity index (χ3n) is 4.73. The second-order valence-corrected chi connectivity index (χ2v) is 6.51. The molecule has 140 valence electrons. The Morgan fingerprint density at radius 2 is 2.08 bits per heavy atom. The number of hydrogen-bond acceptors (Lipinski definition) is 6. The third-order valence-corrected chi connectivity index (χ3v) is 4.73. The van der Waals surface area contributed by atoms with Crippen LogP contribution < -0.4 is 15.0 Å². The van der Waals surface area contributed by atoms with E-state index in [2.05, 4.69) is 5.32 Å². The van der Waals surface area contributed by atoms with Gasteiger partial charge in [-0.3, -0.25) is 9.69 Å². The van der Waals surface area contributed by atoms with Gasteiger partial charge in [0.2, 0.25) is 12.1 Å². The second kappa shape index (κ2) is 6.64. The number of nitrogens with zero attached hydrogens (tertiary/aromatic N) is 2. The molecule has 0 spiro atoms. The zero-order chi connectivity index (χ0) is 18.3. The lowest BCUT2D eigenvalue weighted by molar-refractivity contribution is -0.119. The Labute approximate surface area is 149 Å². The molecule has 0 aliphatic carbocycles. The van der Waals surface area contributed by atoms with Gasteiger partial charge < -0.3 is 24.4 Å². The van der Waals surface area contributed by atoms with Crippen molar-refractivity contribution in [1.82, 2.24) is 10.2 Å². The van der Waals surface area contributed by atoms with Crippen molar-refractivity contribution in [2.24, 2.45) is 0 Å². The fraction of sp³-hybridized carbons (Fsp3) is 0.529. The quantitative estimate of drug-likeness (QED) is 0.855. The number of anilines is 1. The molecular weight excluding hydrogens is 345 g/mol. The number of cyclic esters (lactones) is 1. The number of morpholine rings is 1. The van der Waals surface area contributed by atoms with Crippen LogP contribution in [0.25, 0.3) is 0 Å². The van der Waals surface area contributed by atoms with Crippen LogP contribution in [0.2, 0.25) is 0 Å². The van der Waals surface area contributed by atoms with Gasteiger partial charge in [-0.05, 0) is 6.07 Å². The molecule has 0 aromatic heterocycles. The largest absolute Gasteiger partial charge is 0.466 e. The van der Waals surface area contributed by atoms with Crippen LogP contribution >= 0.6 is 0 Å². The lowest BCUT2D eigenvalue weighted by Crippen LogP contribution is -2.47. The molecule has 8 nitrogen and oxygen atoms in total. The highest BCUT2D eigenvalue weighted by Crippen LogP contribution is 2.37. The minimum atomic E-state index is -0.685. The summed E-state index contributed by atoms with van der Waals surface area (Å²) in [5, 5.41) is 2.61. The average Bonchev–Trinajstić information content (AvgIpc) is 2.93. The van der Waals surface area contributed by atoms with Gasteiger partial charge in [0.1, 0.15) is 11.6 Å². The van der Waals surface area contributed by atoms with Gasteiger partial charge in [-0.15, -0.1) is 0 Å². The Bertz CT molecular complexity index is 737. The maximum absolute atomic E-state index is 14.6. The molecule has 0 radical (unpaired) electrons. The van der Waals surface area contributed by atoms with Crippen LogP contribution in [0.4, 0.5) is 14.9 Å². The van der Waals surface area contributed by atoms with Crippen molar-refractivity contribution in [2.75, 3.05) is 37.7 Å². The van der Waals surface area contributed by atoms with Crippen molar-refractivity contribution < 1.29 is 28.2 Å². The van der Waals surface area contributed by atoms with Crippen molar-refractivity contribution >= 4 is 17.7 Å². The first-order valence-electron chi connectivity index (χ1n) is 8.56. The highest BCUT2D eigenvalue weighted by atomic mass is 19.1. The van der Waals surface area contributed by atoms with Crippen LogP contribution in [-0.2, 0) is 20.8 Å². The van der Waals surface area contributed by atoms with E-state index in [0.29, 0.717) is 37.7 Å². The smallest absolute Gasteiger partial charge is 0.413 e. The highest BCUT2D eigenvalue weighted by molar-refractivity contribution is 5.74. The predicted octanol–water partition coefficient (Wildman–Crippen LogP) is 0.838. The number of benzene rings is 1. The van der Waals surface area contributed by atoms with Crippen LogP contribution in [0.5, 0.6) is 5.75 Å². The zero-order valence-electron chi connectivity index (χ0n) is 14.4. The molecule has 2 fully saturated rings. The van der Waals surface area contributed by atoms with Crippen molar-refractivity contribution in [3.8, 4) is 5.75 Å². The number of carbonyl (C=O) groups excluding carboxylic acids is 2. The molecule has 3 aliphatic heterocycles. The van der Waals surface area contributed by atoms with E-state index in [0.717, 1.165) is 5.56 Å². The first-order chi connectivity index (χ1) is 12.5. The number of halogens is 1. The molecular formula is C17H20FN3O5. The number of amides is 2. The van der Waals surface area contributed by atoms with Gasteiger partial charge in [0, 0.05) is 31.6 Å². The van der Waals surface area contributed by atoms with E-state index in [4.69, 9.17) is 14.2 Å². The van der Waals surface area contributed by atoms with E-state index in [1.54, 1.807) is 6.07 Å². The molecule has 0 saturated carbocycles. The summed E-state index contributed by atoms with van der Waals surface area (Å²) in [4.78, 5) is 26.6. The van der Waals surface area contributed by atoms with Gasteiger partial charge in [-0.1, -0.05) is 0 Å². The maximum atomic E-state index is 14.6. The van der Waals surface area contributed by atoms with Gasteiger partial charge in [0.15, 0.2) is 6.10 Å². The lowest BCUT2D eigenvalue weighted by Gasteiger charge is -2.34. The summed E-state index contributed by atoms with van der Waals surface area (Å²) in [7, 11) is 0. The Kier molecular flexibility index (Phi) is 4.31. The van der Waals surface area contributed by atoms with Crippen LogP contribution in [-0.4, -0.2) is 62.1 Å².